The number of nitrogens with one attached hydrogen (secondary N) is 2. The molecule has 0 saturated heterocycles. The number of aromatic carboxylic acids is 1. The van der Waals surface area contributed by atoms with Gasteiger partial charge in [0.2, 0.25) is 5.91 Å². The standard InChI is InChI=1S/C19H20N2O5/c1-26-14-8-6-13(7-9-14)12-17(22)20-10-11-21-18(23)15-4-2-3-5-16(15)19(24)25/h2-9H,10-12H2,1H3,(H,20,22)(H,21,23)(H,24,25). The molecule has 0 aromatic heterocycles. The van der Waals surface area contributed by atoms with Crippen molar-refractivity contribution in [1.82, 2.24) is 10.6 Å². The Morgan fingerprint density at radius 2 is 1.54 bits per heavy atom. The van der Waals surface area contributed by atoms with Gasteiger partial charge in [0.15, 0.2) is 0 Å². The fourth-order valence-electron chi connectivity index (χ4n) is 2.33. The SMILES string of the molecule is COc1ccc(CC(=O)NCCNC(=O)c2ccccc2C(=O)O)cc1. The Morgan fingerprint density at radius 1 is 0.923 bits per heavy atom. The van der Waals surface area contributed by atoms with Crippen molar-refractivity contribution < 1.29 is 24.2 Å². The second-order valence-electron chi connectivity index (χ2n) is 5.48. The highest BCUT2D eigenvalue weighted by Gasteiger charge is 2.15. The van der Waals surface area contributed by atoms with Crippen molar-refractivity contribution in [3.8, 4) is 5.75 Å². The van der Waals surface area contributed by atoms with Crippen molar-refractivity contribution in [2.45, 2.75) is 6.42 Å². The number of benzene rings is 2. The summed E-state index contributed by atoms with van der Waals surface area (Å²) in [5.74, 6) is -1.11. The zero-order valence-electron chi connectivity index (χ0n) is 14.3. The largest absolute Gasteiger partial charge is 0.497 e. The quantitative estimate of drug-likeness (QED) is 0.622. The number of carbonyl (C=O) groups excluding carboxylic acids is 2. The Hall–Kier alpha value is -3.35. The van der Waals surface area contributed by atoms with Crippen LogP contribution in [0.25, 0.3) is 0 Å². The van der Waals surface area contributed by atoms with Gasteiger partial charge in [-0.2, -0.15) is 0 Å². The molecule has 0 aliphatic heterocycles. The second-order valence-corrected chi connectivity index (χ2v) is 5.48. The Bertz CT molecular complexity index is 787. The number of methoxy groups -OCH3 is 1. The van der Waals surface area contributed by atoms with Gasteiger partial charge in [0.1, 0.15) is 5.75 Å². The van der Waals surface area contributed by atoms with E-state index >= 15 is 0 Å². The number of carboxylic acid groups (broad SMARTS) is 1. The van der Waals surface area contributed by atoms with Crippen LogP contribution in [0.1, 0.15) is 26.3 Å². The van der Waals surface area contributed by atoms with Gasteiger partial charge < -0.3 is 20.5 Å². The highest BCUT2D eigenvalue weighted by Crippen LogP contribution is 2.11. The summed E-state index contributed by atoms with van der Waals surface area (Å²) < 4.78 is 5.06. The molecular weight excluding hydrogens is 336 g/mol. The molecule has 0 unspecified atom stereocenters. The lowest BCUT2D eigenvalue weighted by molar-refractivity contribution is -0.120. The summed E-state index contributed by atoms with van der Waals surface area (Å²) in [6, 6.07) is 13.1. The molecule has 0 bridgehead atoms. The minimum Gasteiger partial charge on any atom is -0.497 e. The van der Waals surface area contributed by atoms with Gasteiger partial charge in [-0.1, -0.05) is 24.3 Å². The Balaban J connectivity index is 1.76. The molecule has 136 valence electrons. The average molecular weight is 356 g/mol. The highest BCUT2D eigenvalue weighted by molar-refractivity contribution is 6.04. The van der Waals surface area contributed by atoms with Crippen molar-refractivity contribution in [3.63, 3.8) is 0 Å². The van der Waals surface area contributed by atoms with Crippen LogP contribution in [-0.2, 0) is 11.2 Å². The molecule has 7 nitrogen and oxygen atoms in total. The van der Waals surface area contributed by atoms with Gasteiger partial charge in [-0.3, -0.25) is 9.59 Å². The fourth-order valence-corrected chi connectivity index (χ4v) is 2.33. The zero-order valence-corrected chi connectivity index (χ0v) is 14.3. The minimum atomic E-state index is -1.16. The monoisotopic (exact) mass is 356 g/mol. The van der Waals surface area contributed by atoms with E-state index in [0.717, 1.165) is 11.3 Å². The number of ether oxygens (including phenoxy) is 1. The minimum absolute atomic E-state index is 0.0615. The molecular formula is C19H20N2O5. The molecule has 2 rings (SSSR count). The summed E-state index contributed by atoms with van der Waals surface area (Å²) in [6.45, 7) is 0.442. The van der Waals surface area contributed by atoms with Crippen molar-refractivity contribution in [1.29, 1.82) is 0 Å². The predicted molar refractivity (Wildman–Crippen MR) is 95.4 cm³/mol. The van der Waals surface area contributed by atoms with Gasteiger partial charge in [0.25, 0.3) is 5.91 Å². The van der Waals surface area contributed by atoms with E-state index in [2.05, 4.69) is 10.6 Å². The normalized spacial score (nSPS) is 10.0. The first-order valence-electron chi connectivity index (χ1n) is 8.01. The highest BCUT2D eigenvalue weighted by atomic mass is 16.5. The Morgan fingerprint density at radius 3 is 2.15 bits per heavy atom. The number of carbonyl (C=O) groups is 3. The van der Waals surface area contributed by atoms with Crippen LogP contribution >= 0.6 is 0 Å². The van der Waals surface area contributed by atoms with Crippen LogP contribution in [0.5, 0.6) is 5.75 Å². The molecule has 0 radical (unpaired) electrons. The summed E-state index contributed by atoms with van der Waals surface area (Å²) in [7, 11) is 1.57. The van der Waals surface area contributed by atoms with Crippen LogP contribution in [0.15, 0.2) is 48.5 Å². The number of carboxylic acids is 1. The molecule has 2 aromatic rings. The summed E-state index contributed by atoms with van der Waals surface area (Å²) in [5, 5.41) is 14.4. The molecule has 0 saturated carbocycles. The van der Waals surface area contributed by atoms with Gasteiger partial charge >= 0.3 is 5.97 Å². The maximum Gasteiger partial charge on any atom is 0.336 e. The van der Waals surface area contributed by atoms with Crippen LogP contribution < -0.4 is 15.4 Å². The smallest absolute Gasteiger partial charge is 0.336 e. The molecule has 26 heavy (non-hydrogen) atoms. The number of hydrogen-bond acceptors (Lipinski definition) is 4. The fraction of sp³-hybridized carbons (Fsp3) is 0.211. The zero-order chi connectivity index (χ0) is 18.9. The molecule has 0 fully saturated rings. The van der Waals surface area contributed by atoms with Crippen LogP contribution in [0.2, 0.25) is 0 Å². The summed E-state index contributed by atoms with van der Waals surface area (Å²) in [5.41, 5.74) is 0.876. The third kappa shape index (κ3) is 5.34. The number of rotatable bonds is 8. The molecule has 0 aliphatic rings. The van der Waals surface area contributed by atoms with Crippen LogP contribution in [-0.4, -0.2) is 43.1 Å². The van der Waals surface area contributed by atoms with Crippen molar-refractivity contribution in [2.75, 3.05) is 20.2 Å². The molecule has 2 aromatic carbocycles. The van der Waals surface area contributed by atoms with E-state index in [9.17, 15) is 14.4 Å². The van der Waals surface area contributed by atoms with E-state index in [1.807, 2.05) is 12.1 Å². The number of amides is 2. The lowest BCUT2D eigenvalue weighted by Gasteiger charge is -2.09. The maximum atomic E-state index is 12.1. The van der Waals surface area contributed by atoms with Crippen molar-refractivity contribution >= 4 is 17.8 Å². The molecule has 2 amide bonds. The average Bonchev–Trinajstić information content (AvgIpc) is 2.65. The molecule has 0 heterocycles. The number of hydrogen-bond donors (Lipinski definition) is 3. The summed E-state index contributed by atoms with van der Waals surface area (Å²) >= 11 is 0. The van der Waals surface area contributed by atoms with E-state index in [4.69, 9.17) is 9.84 Å². The van der Waals surface area contributed by atoms with E-state index < -0.39 is 11.9 Å². The summed E-state index contributed by atoms with van der Waals surface area (Å²) in [4.78, 5) is 35.1. The van der Waals surface area contributed by atoms with Gasteiger partial charge in [-0.05, 0) is 29.8 Å². The molecule has 7 heteroatoms. The van der Waals surface area contributed by atoms with Crippen molar-refractivity contribution in [2.24, 2.45) is 0 Å². The first-order chi connectivity index (χ1) is 12.5. The van der Waals surface area contributed by atoms with E-state index in [1.165, 1.54) is 12.1 Å². The van der Waals surface area contributed by atoms with Crippen LogP contribution in [0.3, 0.4) is 0 Å². The van der Waals surface area contributed by atoms with Crippen molar-refractivity contribution in [3.05, 3.63) is 65.2 Å². The van der Waals surface area contributed by atoms with Crippen LogP contribution in [0, 0.1) is 0 Å². The first-order valence-corrected chi connectivity index (χ1v) is 8.01. The lowest BCUT2D eigenvalue weighted by atomic mass is 10.1. The van der Waals surface area contributed by atoms with Crippen LogP contribution in [0.4, 0.5) is 0 Å². The molecule has 0 aliphatic carbocycles. The Kier molecular flexibility index (Phi) is 6.73. The molecule has 0 spiro atoms. The van der Waals surface area contributed by atoms with Gasteiger partial charge in [0, 0.05) is 13.1 Å². The Labute approximate surface area is 151 Å². The van der Waals surface area contributed by atoms with Gasteiger partial charge in [0.05, 0.1) is 24.7 Å². The summed E-state index contributed by atoms with van der Waals surface area (Å²) in [6.07, 6.45) is 0.222. The maximum absolute atomic E-state index is 12.1. The van der Waals surface area contributed by atoms with E-state index in [0.29, 0.717) is 0 Å². The second kappa shape index (κ2) is 9.22. The van der Waals surface area contributed by atoms with E-state index in [-0.39, 0.29) is 36.5 Å². The molecule has 3 N–H and O–H groups in total. The topological polar surface area (TPSA) is 105 Å². The van der Waals surface area contributed by atoms with E-state index in [1.54, 1.807) is 31.4 Å². The van der Waals surface area contributed by atoms with Gasteiger partial charge in [-0.25, -0.2) is 4.79 Å². The third-order valence-corrected chi connectivity index (χ3v) is 3.66. The predicted octanol–water partition coefficient (Wildman–Crippen LogP) is 1.48. The third-order valence-electron chi connectivity index (χ3n) is 3.66. The molecule has 0 atom stereocenters. The van der Waals surface area contributed by atoms with Gasteiger partial charge in [-0.15, -0.1) is 0 Å². The lowest BCUT2D eigenvalue weighted by Crippen LogP contribution is -2.35. The first kappa shape index (κ1) is 19.0.